The lowest BCUT2D eigenvalue weighted by Crippen LogP contribution is -2.46. The summed E-state index contributed by atoms with van der Waals surface area (Å²) in [6, 6.07) is 5.79. The number of hydrogen-bond donors (Lipinski definition) is 2. The van der Waals surface area contributed by atoms with E-state index in [0.29, 0.717) is 11.8 Å². The summed E-state index contributed by atoms with van der Waals surface area (Å²) in [6.45, 7) is 3.86. The van der Waals surface area contributed by atoms with Crippen LogP contribution in [0.1, 0.15) is 38.2 Å². The summed E-state index contributed by atoms with van der Waals surface area (Å²) in [4.78, 5) is 12.2. The number of aryl methyl sites for hydroxylation is 1. The predicted molar refractivity (Wildman–Crippen MR) is 88.4 cm³/mol. The van der Waals surface area contributed by atoms with Crippen LogP contribution in [0.2, 0.25) is 0 Å². The van der Waals surface area contributed by atoms with Gasteiger partial charge in [-0.2, -0.15) is 0 Å². The van der Waals surface area contributed by atoms with Crippen LogP contribution >= 0.6 is 0 Å². The smallest absolute Gasteiger partial charge is 0.328 e. The van der Waals surface area contributed by atoms with E-state index in [9.17, 15) is 13.2 Å². The van der Waals surface area contributed by atoms with E-state index in [1.54, 1.807) is 12.1 Å². The molecule has 2 N–H and O–H groups in total. The molecule has 2 aliphatic rings. The first-order chi connectivity index (χ1) is 10.8. The Morgan fingerprint density at radius 1 is 1.17 bits per heavy atom. The molecule has 2 aliphatic carbocycles. The molecule has 0 saturated heterocycles. The van der Waals surface area contributed by atoms with Gasteiger partial charge in [0.25, 0.3) is 10.0 Å². The van der Waals surface area contributed by atoms with Crippen LogP contribution in [0.15, 0.2) is 29.2 Å². The van der Waals surface area contributed by atoms with Gasteiger partial charge in [-0.1, -0.05) is 24.1 Å². The van der Waals surface area contributed by atoms with Gasteiger partial charge < -0.3 is 5.32 Å². The number of carbonyl (C=O) groups is 1. The van der Waals surface area contributed by atoms with Crippen LogP contribution in [0.3, 0.4) is 0 Å². The van der Waals surface area contributed by atoms with Gasteiger partial charge in [-0.3, -0.25) is 0 Å². The normalized spacial score (nSPS) is 27.7. The lowest BCUT2D eigenvalue weighted by Gasteiger charge is -2.28. The second-order valence-corrected chi connectivity index (χ2v) is 8.70. The molecule has 2 amide bonds. The monoisotopic (exact) mass is 336 g/mol. The molecular weight excluding hydrogens is 312 g/mol. The zero-order valence-electron chi connectivity index (χ0n) is 13.6. The summed E-state index contributed by atoms with van der Waals surface area (Å²) >= 11 is 0. The average Bonchev–Trinajstić information content (AvgIpc) is 3.09. The molecule has 0 spiro atoms. The molecule has 5 nitrogen and oxygen atoms in total. The first-order valence-corrected chi connectivity index (χ1v) is 9.73. The van der Waals surface area contributed by atoms with E-state index < -0.39 is 16.1 Å². The van der Waals surface area contributed by atoms with E-state index in [2.05, 4.69) is 10.0 Å². The van der Waals surface area contributed by atoms with E-state index in [1.165, 1.54) is 31.4 Å². The Balaban J connectivity index is 1.59. The van der Waals surface area contributed by atoms with Crippen molar-refractivity contribution in [2.75, 3.05) is 0 Å². The minimum absolute atomic E-state index is 0.00137. The zero-order chi connectivity index (χ0) is 16.6. The van der Waals surface area contributed by atoms with Crippen LogP contribution < -0.4 is 10.0 Å². The number of amides is 2. The number of carbonyl (C=O) groups excluding carboxylic acids is 1. The fraction of sp³-hybridized carbons (Fsp3) is 0.588. The summed E-state index contributed by atoms with van der Waals surface area (Å²) in [6.07, 6.45) is 4.96. The molecule has 0 aromatic heterocycles. The minimum Gasteiger partial charge on any atom is -0.335 e. The molecule has 0 heterocycles. The number of nitrogens with one attached hydrogen (secondary N) is 2. The number of sulfonamides is 1. The van der Waals surface area contributed by atoms with Crippen molar-refractivity contribution in [1.82, 2.24) is 10.0 Å². The van der Waals surface area contributed by atoms with Crippen molar-refractivity contribution in [2.45, 2.75) is 50.5 Å². The highest BCUT2D eigenvalue weighted by atomic mass is 32.2. The average molecular weight is 336 g/mol. The van der Waals surface area contributed by atoms with E-state index in [0.717, 1.165) is 17.9 Å². The van der Waals surface area contributed by atoms with Gasteiger partial charge in [0, 0.05) is 6.04 Å². The molecule has 3 rings (SSSR count). The van der Waals surface area contributed by atoms with E-state index in [-0.39, 0.29) is 10.9 Å². The van der Waals surface area contributed by atoms with Crippen molar-refractivity contribution in [3.63, 3.8) is 0 Å². The number of hydrogen-bond acceptors (Lipinski definition) is 3. The van der Waals surface area contributed by atoms with Crippen molar-refractivity contribution < 1.29 is 13.2 Å². The number of rotatable bonds is 4. The van der Waals surface area contributed by atoms with Gasteiger partial charge >= 0.3 is 6.03 Å². The third-order valence-corrected chi connectivity index (χ3v) is 6.70. The third kappa shape index (κ3) is 3.52. The lowest BCUT2D eigenvalue weighted by molar-refractivity contribution is 0.224. The van der Waals surface area contributed by atoms with Crippen molar-refractivity contribution in [2.24, 2.45) is 17.8 Å². The minimum atomic E-state index is -3.82. The van der Waals surface area contributed by atoms with E-state index in [4.69, 9.17) is 0 Å². The maximum absolute atomic E-state index is 12.2. The molecule has 2 fully saturated rings. The number of fused-ring (bicyclic) bond motifs is 2. The Bertz CT molecular complexity index is 684. The highest BCUT2D eigenvalue weighted by Crippen LogP contribution is 2.49. The molecule has 126 valence electrons. The third-order valence-electron chi connectivity index (χ3n) is 5.35. The summed E-state index contributed by atoms with van der Waals surface area (Å²) < 4.78 is 26.5. The number of urea groups is 1. The lowest BCUT2D eigenvalue weighted by atomic mass is 9.84. The van der Waals surface area contributed by atoms with Crippen LogP contribution in [0, 0.1) is 24.7 Å². The fourth-order valence-corrected chi connectivity index (χ4v) is 5.06. The SMILES string of the molecule is Cc1ccc(S(=O)(=O)NC(=O)NC(C)C2CC3CCC2C3)cc1. The highest BCUT2D eigenvalue weighted by Gasteiger charge is 2.42. The molecule has 23 heavy (non-hydrogen) atoms. The Kier molecular flexibility index (Phi) is 4.36. The van der Waals surface area contributed by atoms with Crippen molar-refractivity contribution in [1.29, 1.82) is 0 Å². The van der Waals surface area contributed by atoms with Gasteiger partial charge in [-0.15, -0.1) is 0 Å². The van der Waals surface area contributed by atoms with E-state index in [1.807, 2.05) is 13.8 Å². The molecule has 4 atom stereocenters. The molecule has 6 heteroatoms. The predicted octanol–water partition coefficient (Wildman–Crippen LogP) is 2.81. The van der Waals surface area contributed by atoms with Gasteiger partial charge in [-0.25, -0.2) is 17.9 Å². The Morgan fingerprint density at radius 3 is 2.43 bits per heavy atom. The second kappa shape index (κ2) is 6.15. The summed E-state index contributed by atoms with van der Waals surface area (Å²) in [7, 11) is -3.82. The van der Waals surface area contributed by atoms with Crippen LogP contribution in [-0.2, 0) is 10.0 Å². The Hall–Kier alpha value is -1.56. The van der Waals surface area contributed by atoms with Gasteiger partial charge in [0.05, 0.1) is 4.90 Å². The molecule has 2 saturated carbocycles. The quantitative estimate of drug-likeness (QED) is 0.888. The first-order valence-electron chi connectivity index (χ1n) is 8.25. The standard InChI is InChI=1S/C17H24N2O3S/c1-11-3-7-15(8-4-11)23(21,22)19-17(20)18-12(2)16-10-13-5-6-14(16)9-13/h3-4,7-8,12-14,16H,5-6,9-10H2,1-2H3,(H2,18,19,20). The molecule has 0 aliphatic heterocycles. The maximum Gasteiger partial charge on any atom is 0.328 e. The van der Waals surface area contributed by atoms with Crippen LogP contribution in [0.25, 0.3) is 0 Å². The van der Waals surface area contributed by atoms with Crippen LogP contribution in [-0.4, -0.2) is 20.5 Å². The largest absolute Gasteiger partial charge is 0.335 e. The maximum atomic E-state index is 12.2. The van der Waals surface area contributed by atoms with Gasteiger partial charge in [-0.05, 0) is 63.0 Å². The molecule has 2 bridgehead atoms. The molecule has 0 radical (unpaired) electrons. The Labute approximate surface area is 137 Å². The van der Waals surface area contributed by atoms with Crippen LogP contribution in [0.4, 0.5) is 4.79 Å². The van der Waals surface area contributed by atoms with Gasteiger partial charge in [0.1, 0.15) is 0 Å². The summed E-state index contributed by atoms with van der Waals surface area (Å²) in [5.74, 6) is 1.96. The van der Waals surface area contributed by atoms with Crippen LogP contribution in [0.5, 0.6) is 0 Å². The number of benzene rings is 1. The van der Waals surface area contributed by atoms with Crippen molar-refractivity contribution in [3.8, 4) is 0 Å². The fourth-order valence-electron chi connectivity index (χ4n) is 4.15. The molecule has 4 unspecified atom stereocenters. The first kappa shape index (κ1) is 16.3. The van der Waals surface area contributed by atoms with Crippen molar-refractivity contribution >= 4 is 16.1 Å². The van der Waals surface area contributed by atoms with E-state index >= 15 is 0 Å². The van der Waals surface area contributed by atoms with Crippen molar-refractivity contribution in [3.05, 3.63) is 29.8 Å². The molecule has 1 aromatic rings. The summed E-state index contributed by atoms with van der Waals surface area (Å²) in [5, 5.41) is 2.81. The molecular formula is C17H24N2O3S. The topological polar surface area (TPSA) is 75.3 Å². The molecule has 1 aromatic carbocycles. The zero-order valence-corrected chi connectivity index (χ0v) is 14.4. The summed E-state index contributed by atoms with van der Waals surface area (Å²) in [5.41, 5.74) is 0.971. The second-order valence-electron chi connectivity index (χ2n) is 7.02. The van der Waals surface area contributed by atoms with Gasteiger partial charge in [0.2, 0.25) is 0 Å². The highest BCUT2D eigenvalue weighted by molar-refractivity contribution is 7.90. The Morgan fingerprint density at radius 2 is 1.87 bits per heavy atom. The van der Waals surface area contributed by atoms with Gasteiger partial charge in [0.15, 0.2) is 0 Å².